The van der Waals surface area contributed by atoms with Crippen molar-refractivity contribution in [2.24, 2.45) is 0 Å². The third-order valence-corrected chi connectivity index (χ3v) is 3.99. The summed E-state index contributed by atoms with van der Waals surface area (Å²) < 4.78 is 24.6. The third-order valence-electron chi connectivity index (χ3n) is 2.83. The Hall–Kier alpha value is -0.970. The van der Waals surface area contributed by atoms with Crippen LogP contribution in [0.3, 0.4) is 0 Å². The van der Waals surface area contributed by atoms with E-state index in [1.54, 1.807) is 18.2 Å². The Labute approximate surface area is 140 Å². The van der Waals surface area contributed by atoms with Gasteiger partial charge >= 0.3 is 0 Å². The molecule has 0 aliphatic heterocycles. The summed E-state index contributed by atoms with van der Waals surface area (Å²) >= 11 is 15.3. The molecule has 0 bridgehead atoms. The fourth-order valence-electron chi connectivity index (χ4n) is 1.78. The summed E-state index contributed by atoms with van der Waals surface area (Å²) in [5.41, 5.74) is 1.35. The SMILES string of the molecule is COc1cc(CBr)cc(Cl)c1OCc1ccc(Cl)cc1F. The molecule has 2 nitrogen and oxygen atoms in total. The molecule has 0 N–H and O–H groups in total. The highest BCUT2D eigenvalue weighted by Gasteiger charge is 2.13. The van der Waals surface area contributed by atoms with Gasteiger partial charge in [-0.25, -0.2) is 4.39 Å². The second kappa shape index (κ2) is 7.34. The van der Waals surface area contributed by atoms with Crippen molar-refractivity contribution in [3.05, 3.63) is 57.3 Å². The van der Waals surface area contributed by atoms with Gasteiger partial charge in [-0.3, -0.25) is 0 Å². The monoisotopic (exact) mass is 392 g/mol. The van der Waals surface area contributed by atoms with Crippen LogP contribution < -0.4 is 9.47 Å². The number of alkyl halides is 1. The Morgan fingerprint density at radius 3 is 2.57 bits per heavy atom. The van der Waals surface area contributed by atoms with Crippen LogP contribution in [0.25, 0.3) is 0 Å². The van der Waals surface area contributed by atoms with Crippen molar-refractivity contribution >= 4 is 39.1 Å². The average Bonchev–Trinajstić information content (AvgIpc) is 2.46. The molecule has 0 saturated heterocycles. The highest BCUT2D eigenvalue weighted by Crippen LogP contribution is 2.37. The molecule has 0 aromatic heterocycles. The molecule has 0 heterocycles. The van der Waals surface area contributed by atoms with Crippen molar-refractivity contribution in [1.29, 1.82) is 0 Å². The van der Waals surface area contributed by atoms with Gasteiger partial charge in [-0.05, 0) is 29.8 Å². The van der Waals surface area contributed by atoms with Gasteiger partial charge in [-0.15, -0.1) is 0 Å². The minimum Gasteiger partial charge on any atom is -0.493 e. The Balaban J connectivity index is 2.23. The van der Waals surface area contributed by atoms with Crippen LogP contribution in [0.1, 0.15) is 11.1 Å². The van der Waals surface area contributed by atoms with Crippen LogP contribution in [0.2, 0.25) is 10.0 Å². The van der Waals surface area contributed by atoms with Crippen molar-refractivity contribution in [3.8, 4) is 11.5 Å². The summed E-state index contributed by atoms with van der Waals surface area (Å²) in [4.78, 5) is 0. The first-order valence-electron chi connectivity index (χ1n) is 6.04. The van der Waals surface area contributed by atoms with Crippen molar-refractivity contribution in [1.82, 2.24) is 0 Å². The van der Waals surface area contributed by atoms with E-state index in [9.17, 15) is 4.39 Å². The minimum absolute atomic E-state index is 0.0345. The van der Waals surface area contributed by atoms with Crippen LogP contribution in [0.4, 0.5) is 4.39 Å². The topological polar surface area (TPSA) is 18.5 Å². The van der Waals surface area contributed by atoms with E-state index in [2.05, 4.69) is 15.9 Å². The molecular weight excluding hydrogens is 382 g/mol. The maximum atomic E-state index is 13.7. The van der Waals surface area contributed by atoms with Crippen molar-refractivity contribution in [2.75, 3.05) is 7.11 Å². The molecule has 0 aliphatic carbocycles. The standard InChI is InChI=1S/C15H12BrCl2FO2/c1-20-14-5-9(7-16)4-12(18)15(14)21-8-10-2-3-11(17)6-13(10)19/h2-6H,7-8H2,1H3. The minimum atomic E-state index is -0.422. The lowest BCUT2D eigenvalue weighted by Crippen LogP contribution is -2.01. The van der Waals surface area contributed by atoms with Crippen molar-refractivity contribution in [3.63, 3.8) is 0 Å². The van der Waals surface area contributed by atoms with Crippen molar-refractivity contribution in [2.45, 2.75) is 11.9 Å². The highest BCUT2D eigenvalue weighted by atomic mass is 79.9. The van der Waals surface area contributed by atoms with Crippen LogP contribution >= 0.6 is 39.1 Å². The van der Waals surface area contributed by atoms with Crippen molar-refractivity contribution < 1.29 is 13.9 Å². The van der Waals surface area contributed by atoms with Gasteiger partial charge in [0.1, 0.15) is 12.4 Å². The molecule has 0 radical (unpaired) electrons. The molecule has 0 fully saturated rings. The number of ether oxygens (including phenoxy) is 2. The Kier molecular flexibility index (Phi) is 5.73. The van der Waals surface area contributed by atoms with E-state index in [0.717, 1.165) is 5.56 Å². The number of benzene rings is 2. The molecule has 21 heavy (non-hydrogen) atoms. The molecule has 0 atom stereocenters. The second-order valence-electron chi connectivity index (χ2n) is 4.27. The van der Waals surface area contributed by atoms with Crippen LogP contribution in [0, 0.1) is 5.82 Å². The molecule has 2 aromatic carbocycles. The summed E-state index contributed by atoms with van der Waals surface area (Å²) in [5.74, 6) is 0.471. The lowest BCUT2D eigenvalue weighted by Gasteiger charge is -2.14. The fraction of sp³-hybridized carbons (Fsp3) is 0.200. The first-order chi connectivity index (χ1) is 10.0. The van der Waals surface area contributed by atoms with E-state index in [4.69, 9.17) is 32.7 Å². The molecule has 0 aliphatic rings. The zero-order valence-corrected chi connectivity index (χ0v) is 14.2. The van der Waals surface area contributed by atoms with Gasteiger partial charge in [-0.1, -0.05) is 45.2 Å². The van der Waals surface area contributed by atoms with Crippen LogP contribution in [-0.2, 0) is 11.9 Å². The van der Waals surface area contributed by atoms with E-state index < -0.39 is 5.82 Å². The number of hydrogen-bond donors (Lipinski definition) is 0. The predicted molar refractivity (Wildman–Crippen MR) is 86.4 cm³/mol. The molecule has 0 amide bonds. The maximum absolute atomic E-state index is 13.7. The summed E-state index contributed by atoms with van der Waals surface area (Å²) in [5, 5.41) is 1.40. The normalized spacial score (nSPS) is 10.5. The quantitative estimate of drug-likeness (QED) is 0.614. The molecule has 2 rings (SSSR count). The van der Waals surface area contributed by atoms with E-state index in [-0.39, 0.29) is 6.61 Å². The van der Waals surface area contributed by atoms with Gasteiger partial charge in [0, 0.05) is 15.9 Å². The van der Waals surface area contributed by atoms with Gasteiger partial charge in [0.15, 0.2) is 11.5 Å². The number of hydrogen-bond acceptors (Lipinski definition) is 2. The fourth-order valence-corrected chi connectivity index (χ4v) is 2.55. The Bertz CT molecular complexity index is 650. The number of methoxy groups -OCH3 is 1. The lowest BCUT2D eigenvalue weighted by molar-refractivity contribution is 0.280. The second-order valence-corrected chi connectivity index (χ2v) is 5.67. The van der Waals surface area contributed by atoms with Gasteiger partial charge < -0.3 is 9.47 Å². The highest BCUT2D eigenvalue weighted by molar-refractivity contribution is 9.08. The van der Waals surface area contributed by atoms with Gasteiger partial charge in [0.05, 0.1) is 12.1 Å². The molecule has 6 heteroatoms. The van der Waals surface area contributed by atoms with Crippen LogP contribution in [0.15, 0.2) is 30.3 Å². The molecular formula is C15H12BrCl2FO2. The van der Waals surface area contributed by atoms with Gasteiger partial charge in [0.2, 0.25) is 0 Å². The molecule has 0 unspecified atom stereocenters. The zero-order chi connectivity index (χ0) is 15.4. The largest absolute Gasteiger partial charge is 0.493 e. The van der Waals surface area contributed by atoms with E-state index in [1.165, 1.54) is 13.2 Å². The van der Waals surface area contributed by atoms with E-state index in [1.807, 2.05) is 6.07 Å². The third kappa shape index (κ3) is 4.02. The first-order valence-corrected chi connectivity index (χ1v) is 7.92. The molecule has 0 spiro atoms. The molecule has 112 valence electrons. The first kappa shape index (κ1) is 16.4. The van der Waals surface area contributed by atoms with Crippen LogP contribution in [0.5, 0.6) is 11.5 Å². The van der Waals surface area contributed by atoms with E-state index in [0.29, 0.717) is 32.4 Å². The Morgan fingerprint density at radius 1 is 1.19 bits per heavy atom. The lowest BCUT2D eigenvalue weighted by atomic mass is 10.2. The van der Waals surface area contributed by atoms with Gasteiger partial charge in [-0.2, -0.15) is 0 Å². The number of halogens is 4. The summed E-state index contributed by atoms with van der Waals surface area (Å²) in [6.45, 7) is 0.0345. The Morgan fingerprint density at radius 2 is 1.95 bits per heavy atom. The summed E-state index contributed by atoms with van der Waals surface area (Å²) in [7, 11) is 1.53. The van der Waals surface area contributed by atoms with Gasteiger partial charge in [0.25, 0.3) is 0 Å². The van der Waals surface area contributed by atoms with Crippen LogP contribution in [-0.4, -0.2) is 7.11 Å². The molecule has 0 saturated carbocycles. The summed E-state index contributed by atoms with van der Waals surface area (Å²) in [6, 6.07) is 8.01. The average molecular weight is 394 g/mol. The molecule has 2 aromatic rings. The number of rotatable bonds is 5. The summed E-state index contributed by atoms with van der Waals surface area (Å²) in [6.07, 6.45) is 0. The maximum Gasteiger partial charge on any atom is 0.180 e. The van der Waals surface area contributed by atoms with E-state index >= 15 is 0 Å². The predicted octanol–water partition coefficient (Wildman–Crippen LogP) is 5.62. The zero-order valence-electron chi connectivity index (χ0n) is 11.1. The smallest absolute Gasteiger partial charge is 0.180 e.